The zero-order valence-electron chi connectivity index (χ0n) is 9.45. The summed E-state index contributed by atoms with van der Waals surface area (Å²) in [4.78, 5) is 12.7. The number of hydrogen-bond acceptors (Lipinski definition) is 3. The Hall–Kier alpha value is -0.610. The monoisotopic (exact) mass is 215 g/mol. The Morgan fingerprint density at radius 1 is 1.40 bits per heavy atom. The highest BCUT2D eigenvalue weighted by Gasteiger charge is 2.17. The summed E-state index contributed by atoms with van der Waals surface area (Å²) in [6.07, 6.45) is 4.73. The van der Waals surface area contributed by atoms with Gasteiger partial charge in [-0.2, -0.15) is 0 Å². The van der Waals surface area contributed by atoms with E-state index in [4.69, 9.17) is 9.84 Å². The zero-order valence-corrected chi connectivity index (χ0v) is 9.45. The van der Waals surface area contributed by atoms with Gasteiger partial charge < -0.3 is 14.7 Å². The van der Waals surface area contributed by atoms with E-state index in [1.807, 2.05) is 0 Å². The minimum Gasteiger partial charge on any atom is -0.481 e. The maximum Gasteiger partial charge on any atom is 0.303 e. The number of rotatable bonds is 6. The molecule has 0 aliphatic carbocycles. The molecular weight excluding hydrogens is 194 g/mol. The zero-order chi connectivity index (χ0) is 11.1. The first-order valence-corrected chi connectivity index (χ1v) is 5.69. The van der Waals surface area contributed by atoms with Crippen LogP contribution < -0.4 is 0 Å². The quantitative estimate of drug-likeness (QED) is 0.679. The fourth-order valence-corrected chi connectivity index (χ4v) is 1.98. The molecule has 1 rings (SSSR count). The van der Waals surface area contributed by atoms with Crippen LogP contribution in [0.1, 0.15) is 32.1 Å². The smallest absolute Gasteiger partial charge is 0.303 e. The molecule has 0 aromatic heterocycles. The fourth-order valence-electron chi connectivity index (χ4n) is 1.98. The van der Waals surface area contributed by atoms with Crippen molar-refractivity contribution in [2.45, 2.75) is 38.2 Å². The third-order valence-electron chi connectivity index (χ3n) is 2.98. The molecular formula is C11H21NO3. The van der Waals surface area contributed by atoms with Crippen LogP contribution in [0.5, 0.6) is 0 Å². The first kappa shape index (κ1) is 12.5. The van der Waals surface area contributed by atoms with Crippen molar-refractivity contribution in [1.82, 2.24) is 4.90 Å². The summed E-state index contributed by atoms with van der Waals surface area (Å²) in [6.45, 7) is 3.21. The Bertz CT molecular complexity index is 188. The molecule has 1 N–H and O–H groups in total. The van der Waals surface area contributed by atoms with Gasteiger partial charge in [-0.15, -0.1) is 0 Å². The van der Waals surface area contributed by atoms with Crippen LogP contribution >= 0.6 is 0 Å². The van der Waals surface area contributed by atoms with Gasteiger partial charge in [0.2, 0.25) is 0 Å². The lowest BCUT2D eigenvalue weighted by atomic mass is 10.1. The summed E-state index contributed by atoms with van der Waals surface area (Å²) in [5.74, 6) is -0.687. The number of nitrogens with zero attached hydrogens (tertiary/aromatic N) is 1. The molecule has 15 heavy (non-hydrogen) atoms. The molecule has 0 amide bonds. The largest absolute Gasteiger partial charge is 0.481 e. The van der Waals surface area contributed by atoms with Gasteiger partial charge in [0.25, 0.3) is 0 Å². The fraction of sp³-hybridized carbons (Fsp3) is 0.909. The van der Waals surface area contributed by atoms with Crippen molar-refractivity contribution in [1.29, 1.82) is 0 Å². The van der Waals surface area contributed by atoms with E-state index in [1.165, 1.54) is 0 Å². The van der Waals surface area contributed by atoms with Crippen molar-refractivity contribution in [3.05, 3.63) is 0 Å². The molecule has 0 spiro atoms. The molecule has 1 aliphatic heterocycles. The lowest BCUT2D eigenvalue weighted by Crippen LogP contribution is -2.37. The molecule has 88 valence electrons. The summed E-state index contributed by atoms with van der Waals surface area (Å²) in [7, 11) is 1.77. The molecule has 4 nitrogen and oxygen atoms in total. The number of methoxy groups -OCH3 is 1. The van der Waals surface area contributed by atoms with Crippen LogP contribution in [0.25, 0.3) is 0 Å². The van der Waals surface area contributed by atoms with Crippen LogP contribution in [0.2, 0.25) is 0 Å². The molecule has 0 aromatic rings. The van der Waals surface area contributed by atoms with Crippen molar-refractivity contribution in [2.75, 3.05) is 26.7 Å². The van der Waals surface area contributed by atoms with E-state index in [0.29, 0.717) is 12.5 Å². The first-order chi connectivity index (χ1) is 7.22. The van der Waals surface area contributed by atoms with Crippen LogP contribution in [-0.4, -0.2) is 48.8 Å². The second kappa shape index (κ2) is 6.80. The molecule has 4 heteroatoms. The summed E-state index contributed by atoms with van der Waals surface area (Å²) >= 11 is 0. The summed E-state index contributed by atoms with van der Waals surface area (Å²) in [6, 6.07) is 0. The predicted molar refractivity (Wildman–Crippen MR) is 58.0 cm³/mol. The predicted octanol–water partition coefficient (Wildman–Crippen LogP) is 1.35. The average molecular weight is 215 g/mol. The molecule has 1 saturated heterocycles. The molecule has 0 aromatic carbocycles. The number of carboxylic acids is 1. The number of likely N-dealkylation sites (tertiary alicyclic amines) is 1. The van der Waals surface area contributed by atoms with Crippen molar-refractivity contribution < 1.29 is 14.6 Å². The van der Waals surface area contributed by atoms with E-state index in [2.05, 4.69) is 4.90 Å². The minimum atomic E-state index is -0.687. The van der Waals surface area contributed by atoms with Gasteiger partial charge in [0.15, 0.2) is 0 Å². The molecule has 1 fully saturated rings. The van der Waals surface area contributed by atoms with E-state index in [0.717, 1.165) is 45.3 Å². The number of carboxylic acid groups (broad SMARTS) is 1. The highest BCUT2D eigenvalue weighted by atomic mass is 16.5. The number of hydrogen-bond donors (Lipinski definition) is 1. The molecule has 0 atom stereocenters. The van der Waals surface area contributed by atoms with Gasteiger partial charge in [-0.3, -0.25) is 4.79 Å². The Balaban J connectivity index is 2.01. The van der Waals surface area contributed by atoms with Gasteiger partial charge in [-0.25, -0.2) is 0 Å². The van der Waals surface area contributed by atoms with Gasteiger partial charge in [0, 0.05) is 26.6 Å². The maximum atomic E-state index is 10.3. The molecule has 1 aliphatic rings. The molecule has 1 heterocycles. The summed E-state index contributed by atoms with van der Waals surface area (Å²) < 4.78 is 5.29. The van der Waals surface area contributed by atoms with Crippen LogP contribution in [0.4, 0.5) is 0 Å². The van der Waals surface area contributed by atoms with Crippen molar-refractivity contribution in [3.8, 4) is 0 Å². The van der Waals surface area contributed by atoms with Gasteiger partial charge in [-0.05, 0) is 32.2 Å². The normalized spacial score (nSPS) is 19.3. The van der Waals surface area contributed by atoms with Crippen LogP contribution in [-0.2, 0) is 9.53 Å². The lowest BCUT2D eigenvalue weighted by molar-refractivity contribution is -0.137. The molecule has 0 unspecified atom stereocenters. The van der Waals surface area contributed by atoms with Crippen molar-refractivity contribution in [2.24, 2.45) is 0 Å². The SMILES string of the molecule is COC1CCN(CCCCC(=O)O)CC1. The van der Waals surface area contributed by atoms with Crippen molar-refractivity contribution in [3.63, 3.8) is 0 Å². The van der Waals surface area contributed by atoms with Gasteiger partial charge in [0.05, 0.1) is 6.10 Å². The van der Waals surface area contributed by atoms with Crippen LogP contribution in [0, 0.1) is 0 Å². The third kappa shape index (κ3) is 5.14. The maximum absolute atomic E-state index is 10.3. The molecule has 0 saturated carbocycles. The van der Waals surface area contributed by atoms with Gasteiger partial charge >= 0.3 is 5.97 Å². The Morgan fingerprint density at radius 3 is 2.60 bits per heavy atom. The number of aliphatic carboxylic acids is 1. The van der Waals surface area contributed by atoms with E-state index in [1.54, 1.807) is 7.11 Å². The van der Waals surface area contributed by atoms with E-state index in [-0.39, 0.29) is 0 Å². The second-order valence-electron chi connectivity index (χ2n) is 4.13. The second-order valence-corrected chi connectivity index (χ2v) is 4.13. The van der Waals surface area contributed by atoms with Crippen molar-refractivity contribution >= 4 is 5.97 Å². The van der Waals surface area contributed by atoms with E-state index in [9.17, 15) is 4.79 Å². The number of ether oxygens (including phenoxy) is 1. The number of unbranched alkanes of at least 4 members (excludes halogenated alkanes) is 1. The van der Waals surface area contributed by atoms with Crippen LogP contribution in [0.3, 0.4) is 0 Å². The Labute approximate surface area is 91.2 Å². The van der Waals surface area contributed by atoms with E-state index >= 15 is 0 Å². The number of carbonyl (C=O) groups is 1. The Morgan fingerprint density at radius 2 is 2.07 bits per heavy atom. The van der Waals surface area contributed by atoms with Crippen LogP contribution in [0.15, 0.2) is 0 Å². The third-order valence-corrected chi connectivity index (χ3v) is 2.98. The summed E-state index contributed by atoms with van der Waals surface area (Å²) in [5, 5.41) is 8.49. The highest BCUT2D eigenvalue weighted by Crippen LogP contribution is 2.13. The molecule has 0 radical (unpaired) electrons. The highest BCUT2D eigenvalue weighted by molar-refractivity contribution is 5.66. The average Bonchev–Trinajstić information content (AvgIpc) is 2.25. The lowest BCUT2D eigenvalue weighted by Gasteiger charge is -2.31. The standard InChI is InChI=1S/C11H21NO3/c1-15-10-5-8-12(9-6-10)7-3-2-4-11(13)14/h10H,2-9H2,1H3,(H,13,14). The van der Waals surface area contributed by atoms with Gasteiger partial charge in [-0.1, -0.05) is 0 Å². The first-order valence-electron chi connectivity index (χ1n) is 5.69. The molecule has 0 bridgehead atoms. The van der Waals surface area contributed by atoms with Gasteiger partial charge in [0.1, 0.15) is 0 Å². The van der Waals surface area contributed by atoms with E-state index < -0.39 is 5.97 Å². The number of piperidine rings is 1. The minimum absolute atomic E-state index is 0.300. The summed E-state index contributed by atoms with van der Waals surface area (Å²) in [5.41, 5.74) is 0. The topological polar surface area (TPSA) is 49.8 Å². The Kier molecular flexibility index (Phi) is 5.65.